The van der Waals surface area contributed by atoms with Crippen LogP contribution in [0.4, 0.5) is 0 Å². The minimum atomic E-state index is 0.754. The van der Waals surface area contributed by atoms with Gasteiger partial charge in [-0.05, 0) is 50.3 Å². The Hall–Kier alpha value is -1.02. The number of hydrogen-bond acceptors (Lipinski definition) is 2. The molecular weight excluding hydrogens is 234 g/mol. The van der Waals surface area contributed by atoms with Gasteiger partial charge in [0.05, 0.1) is 6.61 Å². The zero-order valence-electron chi connectivity index (χ0n) is 12.1. The number of nitrogens with one attached hydrogen (secondary N) is 1. The molecule has 106 valence electrons. The third-order valence-electron chi connectivity index (χ3n) is 4.10. The van der Waals surface area contributed by atoms with Crippen LogP contribution in [0, 0.1) is 5.92 Å². The van der Waals surface area contributed by atoms with E-state index in [9.17, 15) is 0 Å². The van der Waals surface area contributed by atoms with Crippen LogP contribution in [0.5, 0.6) is 5.75 Å². The van der Waals surface area contributed by atoms with Crippen LogP contribution in [0.15, 0.2) is 30.3 Å². The lowest BCUT2D eigenvalue weighted by atomic mass is 9.86. The maximum atomic E-state index is 5.69. The molecule has 2 rings (SSSR count). The Morgan fingerprint density at radius 1 is 1.11 bits per heavy atom. The maximum Gasteiger partial charge on any atom is 0.119 e. The van der Waals surface area contributed by atoms with E-state index in [1.54, 1.807) is 0 Å². The van der Waals surface area contributed by atoms with Crippen LogP contribution < -0.4 is 10.1 Å². The zero-order valence-corrected chi connectivity index (χ0v) is 12.1. The molecule has 0 radical (unpaired) electrons. The molecule has 0 amide bonds. The van der Waals surface area contributed by atoms with E-state index in [-0.39, 0.29) is 0 Å². The van der Waals surface area contributed by atoms with E-state index in [0.29, 0.717) is 0 Å². The van der Waals surface area contributed by atoms with Gasteiger partial charge in [0.25, 0.3) is 0 Å². The molecule has 1 aromatic rings. The fourth-order valence-corrected chi connectivity index (χ4v) is 2.84. The smallest absolute Gasteiger partial charge is 0.119 e. The summed E-state index contributed by atoms with van der Waals surface area (Å²) in [5.74, 6) is 1.84. The maximum absolute atomic E-state index is 5.69. The second kappa shape index (κ2) is 8.21. The zero-order chi connectivity index (χ0) is 13.3. The molecule has 1 N–H and O–H groups in total. The van der Waals surface area contributed by atoms with Gasteiger partial charge in [-0.2, -0.15) is 0 Å². The molecule has 2 nitrogen and oxygen atoms in total. The molecule has 0 bridgehead atoms. The Kier molecular flexibility index (Phi) is 6.22. The number of rotatable bonds is 7. The molecule has 0 aromatic heterocycles. The van der Waals surface area contributed by atoms with E-state index < -0.39 is 0 Å². The first-order valence-electron chi connectivity index (χ1n) is 7.77. The van der Waals surface area contributed by atoms with Crippen LogP contribution in [-0.2, 0) is 0 Å². The summed E-state index contributed by atoms with van der Waals surface area (Å²) in [6.07, 6.45) is 7.92. The summed E-state index contributed by atoms with van der Waals surface area (Å²) in [5, 5.41) is 3.71. The van der Waals surface area contributed by atoms with E-state index in [0.717, 1.165) is 37.3 Å². The van der Waals surface area contributed by atoms with E-state index >= 15 is 0 Å². The van der Waals surface area contributed by atoms with Crippen molar-refractivity contribution in [3.63, 3.8) is 0 Å². The third-order valence-corrected chi connectivity index (χ3v) is 4.10. The minimum Gasteiger partial charge on any atom is -0.494 e. The SMILES string of the molecule is CC1CCCCC1NCCCCOc1ccccc1. The second-order valence-electron chi connectivity index (χ2n) is 5.69. The molecule has 2 atom stereocenters. The molecule has 1 saturated carbocycles. The van der Waals surface area contributed by atoms with E-state index in [1.807, 2.05) is 30.3 Å². The highest BCUT2D eigenvalue weighted by Gasteiger charge is 2.19. The first-order chi connectivity index (χ1) is 9.36. The lowest BCUT2D eigenvalue weighted by molar-refractivity contribution is 0.271. The topological polar surface area (TPSA) is 21.3 Å². The van der Waals surface area contributed by atoms with Crippen LogP contribution in [0.25, 0.3) is 0 Å². The fourth-order valence-electron chi connectivity index (χ4n) is 2.84. The van der Waals surface area contributed by atoms with E-state index in [1.165, 1.54) is 32.1 Å². The van der Waals surface area contributed by atoms with Crippen molar-refractivity contribution in [1.29, 1.82) is 0 Å². The highest BCUT2D eigenvalue weighted by molar-refractivity contribution is 5.20. The number of para-hydroxylation sites is 1. The summed E-state index contributed by atoms with van der Waals surface area (Å²) in [6, 6.07) is 10.8. The van der Waals surface area contributed by atoms with Crippen molar-refractivity contribution < 1.29 is 4.74 Å². The van der Waals surface area contributed by atoms with Gasteiger partial charge in [0, 0.05) is 6.04 Å². The molecular formula is C17H27NO. The van der Waals surface area contributed by atoms with E-state index in [2.05, 4.69) is 12.2 Å². The molecule has 1 fully saturated rings. The number of unbranched alkanes of at least 4 members (excludes halogenated alkanes) is 1. The highest BCUT2D eigenvalue weighted by Crippen LogP contribution is 2.23. The molecule has 0 spiro atoms. The monoisotopic (exact) mass is 261 g/mol. The van der Waals surface area contributed by atoms with Gasteiger partial charge in [0.15, 0.2) is 0 Å². The van der Waals surface area contributed by atoms with Crippen molar-refractivity contribution >= 4 is 0 Å². The van der Waals surface area contributed by atoms with Gasteiger partial charge < -0.3 is 10.1 Å². The Morgan fingerprint density at radius 3 is 2.68 bits per heavy atom. The van der Waals surface area contributed by atoms with Gasteiger partial charge in [-0.25, -0.2) is 0 Å². The predicted octanol–water partition coefficient (Wildman–Crippen LogP) is 4.01. The van der Waals surface area contributed by atoms with Gasteiger partial charge in [-0.15, -0.1) is 0 Å². The predicted molar refractivity (Wildman–Crippen MR) is 80.6 cm³/mol. The molecule has 1 aliphatic carbocycles. The molecule has 0 saturated heterocycles. The molecule has 2 unspecified atom stereocenters. The van der Waals surface area contributed by atoms with E-state index in [4.69, 9.17) is 4.74 Å². The van der Waals surface area contributed by atoms with Crippen molar-refractivity contribution in [2.75, 3.05) is 13.2 Å². The Balaban J connectivity index is 1.50. The summed E-state index contributed by atoms with van der Waals surface area (Å²) in [4.78, 5) is 0. The van der Waals surface area contributed by atoms with Crippen LogP contribution in [0.3, 0.4) is 0 Å². The van der Waals surface area contributed by atoms with Crippen molar-refractivity contribution in [3.8, 4) is 5.75 Å². The molecule has 2 heteroatoms. The van der Waals surface area contributed by atoms with Crippen molar-refractivity contribution in [2.24, 2.45) is 5.92 Å². The van der Waals surface area contributed by atoms with Gasteiger partial charge in [0.1, 0.15) is 5.75 Å². The summed E-state index contributed by atoms with van der Waals surface area (Å²) in [7, 11) is 0. The Labute approximate surface area is 117 Å². The molecule has 0 aliphatic heterocycles. The normalized spacial score (nSPS) is 23.2. The van der Waals surface area contributed by atoms with Crippen molar-refractivity contribution in [2.45, 2.75) is 51.5 Å². The van der Waals surface area contributed by atoms with Crippen LogP contribution >= 0.6 is 0 Å². The van der Waals surface area contributed by atoms with Gasteiger partial charge >= 0.3 is 0 Å². The van der Waals surface area contributed by atoms with Gasteiger partial charge in [-0.3, -0.25) is 0 Å². The number of benzene rings is 1. The molecule has 19 heavy (non-hydrogen) atoms. The van der Waals surface area contributed by atoms with Gasteiger partial charge in [-0.1, -0.05) is 38.0 Å². The summed E-state index contributed by atoms with van der Waals surface area (Å²) in [6.45, 7) is 4.34. The second-order valence-corrected chi connectivity index (χ2v) is 5.69. The lowest BCUT2D eigenvalue weighted by Crippen LogP contribution is -2.37. The Morgan fingerprint density at radius 2 is 1.89 bits per heavy atom. The summed E-state index contributed by atoms with van der Waals surface area (Å²) < 4.78 is 5.69. The minimum absolute atomic E-state index is 0.754. The molecule has 1 aromatic carbocycles. The molecule has 1 aliphatic rings. The first kappa shape index (κ1) is 14.4. The van der Waals surface area contributed by atoms with Crippen LogP contribution in [-0.4, -0.2) is 19.2 Å². The van der Waals surface area contributed by atoms with Crippen LogP contribution in [0.1, 0.15) is 45.4 Å². The number of hydrogen-bond donors (Lipinski definition) is 1. The quantitative estimate of drug-likeness (QED) is 0.749. The van der Waals surface area contributed by atoms with Crippen molar-refractivity contribution in [1.82, 2.24) is 5.32 Å². The highest BCUT2D eigenvalue weighted by atomic mass is 16.5. The average molecular weight is 261 g/mol. The summed E-state index contributed by atoms with van der Waals surface area (Å²) in [5.41, 5.74) is 0. The van der Waals surface area contributed by atoms with Gasteiger partial charge in [0.2, 0.25) is 0 Å². The standard InChI is InChI=1S/C17H27NO/c1-15-9-5-6-12-17(15)18-13-7-8-14-19-16-10-3-2-4-11-16/h2-4,10-11,15,17-18H,5-9,12-14H2,1H3. The fraction of sp³-hybridized carbons (Fsp3) is 0.647. The number of ether oxygens (including phenoxy) is 1. The van der Waals surface area contributed by atoms with Crippen LogP contribution in [0.2, 0.25) is 0 Å². The largest absolute Gasteiger partial charge is 0.494 e. The molecule has 0 heterocycles. The average Bonchev–Trinajstić information content (AvgIpc) is 2.45. The lowest BCUT2D eigenvalue weighted by Gasteiger charge is -2.29. The summed E-state index contributed by atoms with van der Waals surface area (Å²) >= 11 is 0. The Bertz CT molecular complexity index is 338. The third kappa shape index (κ3) is 5.23. The van der Waals surface area contributed by atoms with Crippen molar-refractivity contribution in [3.05, 3.63) is 30.3 Å². The first-order valence-corrected chi connectivity index (χ1v) is 7.77.